The Hall–Kier alpha value is -1.00. The molecule has 0 heterocycles. The summed E-state index contributed by atoms with van der Waals surface area (Å²) in [7, 11) is 0. The number of hydrogen-bond donors (Lipinski definition) is 2. The van der Waals surface area contributed by atoms with Gasteiger partial charge < -0.3 is 10.4 Å². The van der Waals surface area contributed by atoms with Crippen molar-refractivity contribution in [1.29, 1.82) is 0 Å². The molecular formula is C15H23F2NO. The maximum absolute atomic E-state index is 13.1. The fourth-order valence-electron chi connectivity index (χ4n) is 2.00. The zero-order chi connectivity index (χ0) is 14.1. The maximum atomic E-state index is 13.1. The predicted octanol–water partition coefficient (Wildman–Crippen LogP) is 3.53. The molecule has 1 aromatic carbocycles. The van der Waals surface area contributed by atoms with Gasteiger partial charge in [0.05, 0.1) is 6.54 Å². The van der Waals surface area contributed by atoms with E-state index in [0.717, 1.165) is 31.2 Å². The topological polar surface area (TPSA) is 32.3 Å². The van der Waals surface area contributed by atoms with Crippen LogP contribution in [0.5, 0.6) is 0 Å². The first-order valence-corrected chi connectivity index (χ1v) is 6.86. The second-order valence-electron chi connectivity index (χ2n) is 4.85. The number of aliphatic hydroxyl groups is 1. The zero-order valence-electron chi connectivity index (χ0n) is 11.4. The zero-order valence-corrected chi connectivity index (χ0v) is 11.4. The van der Waals surface area contributed by atoms with Crippen molar-refractivity contribution >= 4 is 0 Å². The lowest BCUT2D eigenvalue weighted by Gasteiger charge is -2.22. The molecule has 0 saturated carbocycles. The van der Waals surface area contributed by atoms with Crippen LogP contribution in [-0.4, -0.2) is 24.2 Å². The minimum absolute atomic E-state index is 0.0785. The second-order valence-corrected chi connectivity index (χ2v) is 4.85. The summed E-state index contributed by atoms with van der Waals surface area (Å²) in [6, 6.07) is 9.54. The Morgan fingerprint density at radius 2 is 1.89 bits per heavy atom. The third-order valence-electron chi connectivity index (χ3n) is 3.14. The number of halogens is 2. The van der Waals surface area contributed by atoms with Crippen LogP contribution >= 0.6 is 0 Å². The molecule has 19 heavy (non-hydrogen) atoms. The number of hydrogen-bond acceptors (Lipinski definition) is 2. The molecule has 0 aliphatic rings. The number of aliphatic hydroxyl groups excluding tert-OH is 1. The highest BCUT2D eigenvalue weighted by molar-refractivity contribution is 5.18. The van der Waals surface area contributed by atoms with E-state index >= 15 is 0 Å². The number of alkyl halides is 2. The number of nitrogens with one attached hydrogen (secondary N) is 1. The smallest absolute Gasteiger partial charge is 0.282 e. The average molecular weight is 271 g/mol. The van der Waals surface area contributed by atoms with Crippen molar-refractivity contribution in [3.63, 3.8) is 0 Å². The van der Waals surface area contributed by atoms with Crippen LogP contribution in [0.1, 0.15) is 44.2 Å². The molecule has 0 aromatic heterocycles. The van der Waals surface area contributed by atoms with Crippen LogP contribution in [0.25, 0.3) is 0 Å². The van der Waals surface area contributed by atoms with E-state index in [4.69, 9.17) is 5.11 Å². The summed E-state index contributed by atoms with van der Waals surface area (Å²) in [6.07, 6.45) is 4.04. The van der Waals surface area contributed by atoms with Gasteiger partial charge in [0, 0.05) is 6.04 Å². The summed E-state index contributed by atoms with van der Waals surface area (Å²) >= 11 is 0. The van der Waals surface area contributed by atoms with E-state index in [2.05, 4.69) is 12.2 Å². The molecule has 0 saturated heterocycles. The maximum Gasteiger partial charge on any atom is 0.282 e. The number of rotatable bonds is 9. The van der Waals surface area contributed by atoms with Crippen molar-refractivity contribution in [3.8, 4) is 0 Å². The fourth-order valence-corrected chi connectivity index (χ4v) is 2.00. The van der Waals surface area contributed by atoms with E-state index < -0.39 is 19.1 Å². The molecule has 1 unspecified atom stereocenters. The average Bonchev–Trinajstić information content (AvgIpc) is 2.43. The summed E-state index contributed by atoms with van der Waals surface area (Å²) in [5, 5.41) is 11.5. The van der Waals surface area contributed by atoms with Crippen LogP contribution in [0.4, 0.5) is 8.78 Å². The summed E-state index contributed by atoms with van der Waals surface area (Å²) in [6.45, 7) is 0.510. The quantitative estimate of drug-likeness (QED) is 0.673. The normalized spacial score (nSPS) is 13.5. The molecule has 0 bridgehead atoms. The highest BCUT2D eigenvalue weighted by atomic mass is 19.3. The lowest BCUT2D eigenvalue weighted by molar-refractivity contribution is -0.0495. The largest absolute Gasteiger partial charge is 0.390 e. The van der Waals surface area contributed by atoms with E-state index in [-0.39, 0.29) is 6.04 Å². The summed E-state index contributed by atoms with van der Waals surface area (Å²) < 4.78 is 26.2. The SMILES string of the molecule is CCCCCC(NCC(F)(F)CO)c1ccccc1. The van der Waals surface area contributed by atoms with E-state index in [0.29, 0.717) is 0 Å². The van der Waals surface area contributed by atoms with Gasteiger partial charge in [-0.05, 0) is 12.0 Å². The Balaban J connectivity index is 2.59. The summed E-state index contributed by atoms with van der Waals surface area (Å²) in [4.78, 5) is 0. The molecule has 2 nitrogen and oxygen atoms in total. The molecule has 0 aliphatic carbocycles. The van der Waals surface area contributed by atoms with Gasteiger partial charge in [0.2, 0.25) is 0 Å². The van der Waals surface area contributed by atoms with Gasteiger partial charge in [0.1, 0.15) is 6.61 Å². The lowest BCUT2D eigenvalue weighted by atomic mass is 10.0. The minimum Gasteiger partial charge on any atom is -0.390 e. The van der Waals surface area contributed by atoms with Crippen LogP contribution in [0.15, 0.2) is 30.3 Å². The molecule has 4 heteroatoms. The third-order valence-corrected chi connectivity index (χ3v) is 3.14. The van der Waals surface area contributed by atoms with Crippen LogP contribution in [0, 0.1) is 0 Å². The van der Waals surface area contributed by atoms with Crippen LogP contribution in [-0.2, 0) is 0 Å². The van der Waals surface area contributed by atoms with Crippen molar-refractivity contribution in [2.24, 2.45) is 0 Å². The molecule has 0 radical (unpaired) electrons. The van der Waals surface area contributed by atoms with Gasteiger partial charge in [-0.25, -0.2) is 8.78 Å². The Kier molecular flexibility index (Phi) is 6.95. The molecule has 0 aliphatic heterocycles. The van der Waals surface area contributed by atoms with Gasteiger partial charge in [-0.3, -0.25) is 0 Å². The molecule has 2 N–H and O–H groups in total. The Morgan fingerprint density at radius 1 is 1.21 bits per heavy atom. The fraction of sp³-hybridized carbons (Fsp3) is 0.600. The van der Waals surface area contributed by atoms with Gasteiger partial charge in [0.25, 0.3) is 5.92 Å². The number of benzene rings is 1. The molecule has 1 rings (SSSR count). The first-order valence-electron chi connectivity index (χ1n) is 6.86. The van der Waals surface area contributed by atoms with Crippen molar-refractivity contribution in [1.82, 2.24) is 5.32 Å². The van der Waals surface area contributed by atoms with E-state index in [1.807, 2.05) is 30.3 Å². The van der Waals surface area contributed by atoms with Gasteiger partial charge in [0.15, 0.2) is 0 Å². The predicted molar refractivity (Wildman–Crippen MR) is 73.4 cm³/mol. The lowest BCUT2D eigenvalue weighted by Crippen LogP contribution is -2.37. The first-order chi connectivity index (χ1) is 9.09. The Labute approximate surface area is 113 Å². The third kappa shape index (κ3) is 6.12. The second kappa shape index (κ2) is 8.23. The standard InChI is InChI=1S/C15H23F2NO/c1-2-3-5-10-14(13-8-6-4-7-9-13)18-11-15(16,17)12-19/h4,6-9,14,18-19H,2-3,5,10-12H2,1H3. The van der Waals surface area contributed by atoms with E-state index in [9.17, 15) is 8.78 Å². The van der Waals surface area contributed by atoms with Gasteiger partial charge in [-0.1, -0.05) is 56.5 Å². The monoisotopic (exact) mass is 271 g/mol. The first kappa shape index (κ1) is 16.1. The highest BCUT2D eigenvalue weighted by Gasteiger charge is 2.28. The Morgan fingerprint density at radius 3 is 2.47 bits per heavy atom. The molecular weight excluding hydrogens is 248 g/mol. The van der Waals surface area contributed by atoms with Crippen molar-refractivity contribution in [2.45, 2.75) is 44.6 Å². The van der Waals surface area contributed by atoms with Crippen LogP contribution < -0.4 is 5.32 Å². The summed E-state index contributed by atoms with van der Waals surface area (Å²) in [5.74, 6) is -3.06. The molecule has 1 aromatic rings. The molecule has 108 valence electrons. The van der Waals surface area contributed by atoms with Crippen molar-refractivity contribution < 1.29 is 13.9 Å². The Bertz CT molecular complexity index is 343. The van der Waals surface area contributed by atoms with E-state index in [1.165, 1.54) is 0 Å². The highest BCUT2D eigenvalue weighted by Crippen LogP contribution is 2.21. The molecule has 1 atom stereocenters. The van der Waals surface area contributed by atoms with Gasteiger partial charge in [-0.15, -0.1) is 0 Å². The number of unbranched alkanes of at least 4 members (excludes halogenated alkanes) is 2. The van der Waals surface area contributed by atoms with Crippen LogP contribution in [0.2, 0.25) is 0 Å². The van der Waals surface area contributed by atoms with E-state index in [1.54, 1.807) is 0 Å². The minimum atomic E-state index is -3.06. The molecule has 0 amide bonds. The van der Waals surface area contributed by atoms with Gasteiger partial charge in [-0.2, -0.15) is 0 Å². The van der Waals surface area contributed by atoms with Gasteiger partial charge >= 0.3 is 0 Å². The van der Waals surface area contributed by atoms with Crippen molar-refractivity contribution in [3.05, 3.63) is 35.9 Å². The van der Waals surface area contributed by atoms with Crippen LogP contribution in [0.3, 0.4) is 0 Å². The molecule has 0 spiro atoms. The van der Waals surface area contributed by atoms with Crippen molar-refractivity contribution in [2.75, 3.05) is 13.2 Å². The summed E-state index contributed by atoms with van der Waals surface area (Å²) in [5.41, 5.74) is 1.02. The molecule has 0 fully saturated rings.